The molecule has 1 saturated heterocycles. The SMILES string of the molecule is COc1ccc(/C(O)=C2/C(=O)C(=O)N(CCN(C)C)C2c2cccnc2)cc1. The highest BCUT2D eigenvalue weighted by Gasteiger charge is 2.45. The van der Waals surface area contributed by atoms with Gasteiger partial charge in [0.1, 0.15) is 11.5 Å². The summed E-state index contributed by atoms with van der Waals surface area (Å²) in [6.07, 6.45) is 3.24. The topological polar surface area (TPSA) is 83.0 Å². The number of amides is 1. The Kier molecular flexibility index (Phi) is 5.75. The number of benzene rings is 1. The zero-order valence-corrected chi connectivity index (χ0v) is 16.1. The lowest BCUT2D eigenvalue weighted by Crippen LogP contribution is -2.35. The second-order valence-electron chi connectivity index (χ2n) is 6.81. The van der Waals surface area contributed by atoms with E-state index in [1.54, 1.807) is 55.9 Å². The van der Waals surface area contributed by atoms with E-state index in [0.29, 0.717) is 30.0 Å². The van der Waals surface area contributed by atoms with Crippen LogP contribution in [0.1, 0.15) is 17.2 Å². The molecule has 1 fully saturated rings. The number of pyridine rings is 1. The van der Waals surface area contributed by atoms with Gasteiger partial charge in [0.2, 0.25) is 0 Å². The number of methoxy groups -OCH3 is 1. The minimum atomic E-state index is -0.694. The largest absolute Gasteiger partial charge is 0.507 e. The summed E-state index contributed by atoms with van der Waals surface area (Å²) in [6.45, 7) is 0.947. The smallest absolute Gasteiger partial charge is 0.295 e. The monoisotopic (exact) mass is 381 g/mol. The van der Waals surface area contributed by atoms with Crippen molar-refractivity contribution in [3.63, 3.8) is 0 Å². The summed E-state index contributed by atoms with van der Waals surface area (Å²) < 4.78 is 5.13. The number of nitrogens with zero attached hydrogens (tertiary/aromatic N) is 3. The van der Waals surface area contributed by atoms with Crippen molar-refractivity contribution in [3.05, 3.63) is 65.5 Å². The van der Waals surface area contributed by atoms with Gasteiger partial charge in [-0.3, -0.25) is 14.6 Å². The van der Waals surface area contributed by atoms with Gasteiger partial charge in [-0.15, -0.1) is 0 Å². The Morgan fingerprint density at radius 3 is 2.50 bits per heavy atom. The van der Waals surface area contributed by atoms with E-state index in [1.165, 1.54) is 4.90 Å². The molecule has 1 aliphatic rings. The fraction of sp³-hybridized carbons (Fsp3) is 0.286. The van der Waals surface area contributed by atoms with Crippen LogP contribution < -0.4 is 4.74 Å². The van der Waals surface area contributed by atoms with Gasteiger partial charge in [0.05, 0.1) is 18.7 Å². The first-order chi connectivity index (χ1) is 13.4. The molecule has 0 aliphatic carbocycles. The van der Waals surface area contributed by atoms with Crippen LogP contribution in [-0.4, -0.2) is 65.9 Å². The lowest BCUT2D eigenvalue weighted by atomic mass is 9.96. The Balaban J connectivity index is 2.10. The molecule has 7 nitrogen and oxygen atoms in total. The molecule has 1 aromatic carbocycles. The van der Waals surface area contributed by atoms with Gasteiger partial charge in [0, 0.05) is 31.0 Å². The highest BCUT2D eigenvalue weighted by atomic mass is 16.5. The predicted molar refractivity (Wildman–Crippen MR) is 105 cm³/mol. The van der Waals surface area contributed by atoms with Gasteiger partial charge in [-0.05, 0) is 50.0 Å². The third kappa shape index (κ3) is 3.75. The van der Waals surface area contributed by atoms with Crippen LogP contribution in [0.25, 0.3) is 5.76 Å². The molecular weight excluding hydrogens is 358 g/mol. The highest BCUT2D eigenvalue weighted by Crippen LogP contribution is 2.39. The molecule has 3 rings (SSSR count). The average Bonchev–Trinajstić information content (AvgIpc) is 2.97. The van der Waals surface area contributed by atoms with Crippen LogP contribution in [0.4, 0.5) is 0 Å². The van der Waals surface area contributed by atoms with Crippen LogP contribution in [0.5, 0.6) is 5.75 Å². The zero-order chi connectivity index (χ0) is 20.3. The minimum Gasteiger partial charge on any atom is -0.507 e. The number of hydrogen-bond acceptors (Lipinski definition) is 6. The molecule has 0 bridgehead atoms. The third-order valence-corrected chi connectivity index (χ3v) is 4.69. The second kappa shape index (κ2) is 8.22. The Labute approximate surface area is 163 Å². The number of Topliss-reactive ketones (excluding diaryl/α,β-unsaturated/α-hetero) is 1. The molecule has 0 spiro atoms. The second-order valence-corrected chi connectivity index (χ2v) is 6.81. The predicted octanol–water partition coefficient (Wildman–Crippen LogP) is 2.07. The Morgan fingerprint density at radius 2 is 1.93 bits per heavy atom. The van der Waals surface area contributed by atoms with E-state index in [0.717, 1.165) is 0 Å². The Bertz CT molecular complexity index is 892. The number of likely N-dealkylation sites (N-methyl/N-ethyl adjacent to an activating group) is 1. The molecule has 1 amide bonds. The number of aliphatic hydroxyl groups excluding tert-OH is 1. The molecule has 146 valence electrons. The molecule has 1 N–H and O–H groups in total. The molecule has 7 heteroatoms. The first kappa shape index (κ1) is 19.6. The molecule has 1 unspecified atom stereocenters. The summed E-state index contributed by atoms with van der Waals surface area (Å²) in [5.74, 6) is -0.888. The van der Waals surface area contributed by atoms with Gasteiger partial charge in [-0.25, -0.2) is 0 Å². The van der Waals surface area contributed by atoms with E-state index < -0.39 is 17.7 Å². The lowest BCUT2D eigenvalue weighted by Gasteiger charge is -2.26. The fourth-order valence-corrected chi connectivity index (χ4v) is 3.21. The van der Waals surface area contributed by atoms with Gasteiger partial charge in [0.25, 0.3) is 11.7 Å². The van der Waals surface area contributed by atoms with Crippen LogP contribution >= 0.6 is 0 Å². The van der Waals surface area contributed by atoms with Gasteiger partial charge < -0.3 is 19.6 Å². The van der Waals surface area contributed by atoms with Crippen LogP contribution in [0.15, 0.2) is 54.4 Å². The van der Waals surface area contributed by atoms with E-state index >= 15 is 0 Å². The number of ketones is 1. The van der Waals surface area contributed by atoms with E-state index in [2.05, 4.69) is 4.98 Å². The number of likely N-dealkylation sites (tertiary alicyclic amines) is 1. The van der Waals surface area contributed by atoms with Crippen molar-refractivity contribution >= 4 is 17.4 Å². The summed E-state index contributed by atoms with van der Waals surface area (Å²) >= 11 is 0. The maximum absolute atomic E-state index is 12.8. The molecule has 1 aliphatic heterocycles. The molecule has 1 atom stereocenters. The third-order valence-electron chi connectivity index (χ3n) is 4.69. The van der Waals surface area contributed by atoms with Crippen molar-refractivity contribution in [2.45, 2.75) is 6.04 Å². The van der Waals surface area contributed by atoms with Crippen LogP contribution in [0.2, 0.25) is 0 Å². The first-order valence-electron chi connectivity index (χ1n) is 8.91. The van der Waals surface area contributed by atoms with E-state index in [-0.39, 0.29) is 11.3 Å². The number of hydrogen-bond donors (Lipinski definition) is 1. The van der Waals surface area contributed by atoms with E-state index in [9.17, 15) is 14.7 Å². The summed E-state index contributed by atoms with van der Waals surface area (Å²) in [5.41, 5.74) is 1.19. The van der Waals surface area contributed by atoms with Crippen molar-refractivity contribution in [3.8, 4) is 5.75 Å². The van der Waals surface area contributed by atoms with Crippen molar-refractivity contribution in [1.29, 1.82) is 0 Å². The number of aromatic nitrogens is 1. The summed E-state index contributed by atoms with van der Waals surface area (Å²) in [6, 6.07) is 9.55. The van der Waals surface area contributed by atoms with Crippen LogP contribution in [0.3, 0.4) is 0 Å². The Hall–Kier alpha value is -3.19. The van der Waals surface area contributed by atoms with Crippen molar-refractivity contribution in [2.24, 2.45) is 0 Å². The number of carbonyl (C=O) groups is 2. The number of aliphatic hydroxyl groups is 1. The summed E-state index contributed by atoms with van der Waals surface area (Å²) in [4.78, 5) is 33.1. The summed E-state index contributed by atoms with van der Waals surface area (Å²) in [7, 11) is 5.34. The van der Waals surface area contributed by atoms with Gasteiger partial charge in [-0.2, -0.15) is 0 Å². The molecular formula is C21H23N3O4. The fourth-order valence-electron chi connectivity index (χ4n) is 3.21. The van der Waals surface area contributed by atoms with Crippen molar-refractivity contribution in [2.75, 3.05) is 34.3 Å². The minimum absolute atomic E-state index is 0.0712. The van der Waals surface area contributed by atoms with Gasteiger partial charge in [-0.1, -0.05) is 6.07 Å². The molecule has 0 radical (unpaired) electrons. The average molecular weight is 381 g/mol. The summed E-state index contributed by atoms with van der Waals surface area (Å²) in [5, 5.41) is 10.9. The molecule has 28 heavy (non-hydrogen) atoms. The number of rotatable bonds is 6. The molecule has 2 heterocycles. The maximum Gasteiger partial charge on any atom is 0.295 e. The first-order valence-corrected chi connectivity index (χ1v) is 8.91. The maximum atomic E-state index is 12.8. The number of carbonyl (C=O) groups excluding carboxylic acids is 2. The molecule has 0 saturated carbocycles. The van der Waals surface area contributed by atoms with Crippen molar-refractivity contribution in [1.82, 2.24) is 14.8 Å². The van der Waals surface area contributed by atoms with Gasteiger partial charge >= 0.3 is 0 Å². The van der Waals surface area contributed by atoms with Gasteiger partial charge in [0.15, 0.2) is 0 Å². The normalized spacial score (nSPS) is 18.7. The zero-order valence-electron chi connectivity index (χ0n) is 16.1. The number of ether oxygens (including phenoxy) is 1. The highest BCUT2D eigenvalue weighted by molar-refractivity contribution is 6.46. The molecule has 1 aromatic heterocycles. The Morgan fingerprint density at radius 1 is 1.21 bits per heavy atom. The van der Waals surface area contributed by atoms with Crippen molar-refractivity contribution < 1.29 is 19.4 Å². The standard InChI is InChI=1S/C21H23N3O4/c1-23(2)11-12-24-18(15-5-4-10-22-13-15)17(20(26)21(24)27)19(25)14-6-8-16(28-3)9-7-14/h4-10,13,18,25H,11-12H2,1-3H3/b19-17-. The van der Waals surface area contributed by atoms with Crippen LogP contribution in [0, 0.1) is 0 Å². The van der Waals surface area contributed by atoms with E-state index in [1.807, 2.05) is 19.0 Å². The molecule has 2 aromatic rings. The quantitative estimate of drug-likeness (QED) is 0.469. The lowest BCUT2D eigenvalue weighted by molar-refractivity contribution is -0.140. The van der Waals surface area contributed by atoms with E-state index in [4.69, 9.17) is 4.74 Å². The van der Waals surface area contributed by atoms with Crippen LogP contribution in [-0.2, 0) is 9.59 Å².